The molecule has 21 heavy (non-hydrogen) atoms. The average Bonchev–Trinajstić information content (AvgIpc) is 2.40. The van der Waals surface area contributed by atoms with Crippen molar-refractivity contribution in [3.8, 4) is 0 Å². The molecular weight excluding hydrogens is 303 g/mol. The number of aliphatic hydroxyl groups is 1. The summed E-state index contributed by atoms with van der Waals surface area (Å²) in [4.78, 5) is 0. The molecule has 2 N–H and O–H groups in total. The van der Waals surface area contributed by atoms with Gasteiger partial charge in [0, 0.05) is 0 Å². The lowest BCUT2D eigenvalue weighted by atomic mass is 9.86. The van der Waals surface area contributed by atoms with Crippen molar-refractivity contribution in [2.45, 2.75) is 43.9 Å². The van der Waals surface area contributed by atoms with Crippen LogP contribution in [-0.2, 0) is 12.6 Å². The fraction of sp³-hybridized carbons (Fsp3) is 0.600. The van der Waals surface area contributed by atoms with E-state index in [0.29, 0.717) is 37.7 Å². The SMILES string of the molecule is OC1(CCCc2cccc(C(F)(F)F)c2Cl)CCNCC1. The van der Waals surface area contributed by atoms with E-state index in [-0.39, 0.29) is 5.02 Å². The number of piperidine rings is 1. The molecule has 0 saturated carbocycles. The molecule has 118 valence electrons. The third kappa shape index (κ3) is 4.34. The van der Waals surface area contributed by atoms with Gasteiger partial charge in [-0.1, -0.05) is 23.7 Å². The molecular formula is C15H19ClF3NO. The van der Waals surface area contributed by atoms with E-state index in [9.17, 15) is 18.3 Å². The first-order valence-corrected chi connectivity index (χ1v) is 7.47. The molecule has 0 bridgehead atoms. The first-order chi connectivity index (χ1) is 9.82. The Morgan fingerprint density at radius 1 is 1.24 bits per heavy atom. The van der Waals surface area contributed by atoms with Gasteiger partial charge in [-0.15, -0.1) is 0 Å². The summed E-state index contributed by atoms with van der Waals surface area (Å²) < 4.78 is 38.3. The number of hydrogen-bond acceptors (Lipinski definition) is 2. The van der Waals surface area contributed by atoms with Crippen LogP contribution in [0, 0.1) is 0 Å². The zero-order chi connectivity index (χ0) is 15.5. The van der Waals surface area contributed by atoms with Gasteiger partial charge in [0.15, 0.2) is 0 Å². The van der Waals surface area contributed by atoms with Crippen molar-refractivity contribution in [1.82, 2.24) is 5.32 Å². The highest BCUT2D eigenvalue weighted by Crippen LogP contribution is 2.37. The minimum atomic E-state index is -4.43. The molecule has 1 fully saturated rings. The zero-order valence-corrected chi connectivity index (χ0v) is 12.4. The lowest BCUT2D eigenvalue weighted by Gasteiger charge is -2.32. The van der Waals surface area contributed by atoms with Gasteiger partial charge in [-0.3, -0.25) is 0 Å². The predicted octanol–water partition coefficient (Wildman–Crippen LogP) is 3.80. The molecule has 0 amide bonds. The molecule has 1 saturated heterocycles. The largest absolute Gasteiger partial charge is 0.417 e. The third-order valence-corrected chi connectivity index (χ3v) is 4.45. The van der Waals surface area contributed by atoms with Crippen molar-refractivity contribution in [3.63, 3.8) is 0 Å². The van der Waals surface area contributed by atoms with Gasteiger partial charge in [-0.2, -0.15) is 13.2 Å². The molecule has 0 radical (unpaired) electrons. The smallest absolute Gasteiger partial charge is 0.390 e. The van der Waals surface area contributed by atoms with Crippen LogP contribution < -0.4 is 5.32 Å². The molecule has 0 unspecified atom stereocenters. The van der Waals surface area contributed by atoms with Gasteiger partial charge in [-0.25, -0.2) is 0 Å². The topological polar surface area (TPSA) is 32.3 Å². The van der Waals surface area contributed by atoms with Crippen molar-refractivity contribution in [3.05, 3.63) is 34.3 Å². The Balaban J connectivity index is 1.97. The van der Waals surface area contributed by atoms with E-state index in [4.69, 9.17) is 11.6 Å². The van der Waals surface area contributed by atoms with Crippen molar-refractivity contribution in [1.29, 1.82) is 0 Å². The Morgan fingerprint density at radius 3 is 2.52 bits per heavy atom. The van der Waals surface area contributed by atoms with Gasteiger partial charge in [0.25, 0.3) is 0 Å². The molecule has 2 nitrogen and oxygen atoms in total. The van der Waals surface area contributed by atoms with Crippen LogP contribution in [0.2, 0.25) is 5.02 Å². The Kier molecular flexibility index (Phi) is 5.17. The molecule has 1 aromatic carbocycles. The summed E-state index contributed by atoms with van der Waals surface area (Å²) in [5, 5.41) is 13.3. The highest BCUT2D eigenvalue weighted by Gasteiger charge is 2.34. The molecule has 0 atom stereocenters. The lowest BCUT2D eigenvalue weighted by molar-refractivity contribution is -0.137. The van der Waals surface area contributed by atoms with E-state index in [2.05, 4.69) is 5.32 Å². The van der Waals surface area contributed by atoms with E-state index in [0.717, 1.165) is 19.2 Å². The van der Waals surface area contributed by atoms with E-state index in [1.54, 1.807) is 6.07 Å². The summed E-state index contributed by atoms with van der Waals surface area (Å²) in [6.45, 7) is 1.56. The Labute approximate surface area is 127 Å². The van der Waals surface area contributed by atoms with Crippen LogP contribution in [0.1, 0.15) is 36.8 Å². The maximum Gasteiger partial charge on any atom is 0.417 e. The molecule has 0 aliphatic carbocycles. The van der Waals surface area contributed by atoms with Gasteiger partial charge in [0.05, 0.1) is 16.2 Å². The van der Waals surface area contributed by atoms with E-state index < -0.39 is 17.3 Å². The normalized spacial score (nSPS) is 18.7. The Hall–Kier alpha value is -0.780. The monoisotopic (exact) mass is 321 g/mol. The number of hydrogen-bond donors (Lipinski definition) is 2. The summed E-state index contributed by atoms with van der Waals surface area (Å²) in [6.07, 6.45) is -1.41. The number of benzene rings is 1. The van der Waals surface area contributed by atoms with Crippen LogP contribution in [0.5, 0.6) is 0 Å². The summed E-state index contributed by atoms with van der Waals surface area (Å²) >= 11 is 5.86. The first kappa shape index (κ1) is 16.6. The van der Waals surface area contributed by atoms with Crippen LogP contribution in [0.25, 0.3) is 0 Å². The molecule has 0 spiro atoms. The summed E-state index contributed by atoms with van der Waals surface area (Å²) in [6, 6.07) is 3.99. The summed E-state index contributed by atoms with van der Waals surface area (Å²) in [5.74, 6) is 0. The Morgan fingerprint density at radius 2 is 1.90 bits per heavy atom. The summed E-state index contributed by atoms with van der Waals surface area (Å²) in [7, 11) is 0. The van der Waals surface area contributed by atoms with Crippen LogP contribution >= 0.6 is 11.6 Å². The minimum absolute atomic E-state index is 0.220. The molecule has 6 heteroatoms. The minimum Gasteiger partial charge on any atom is -0.390 e. The number of aryl methyl sites for hydroxylation is 1. The second-order valence-electron chi connectivity index (χ2n) is 5.60. The lowest BCUT2D eigenvalue weighted by Crippen LogP contribution is -2.41. The highest BCUT2D eigenvalue weighted by molar-refractivity contribution is 6.32. The van der Waals surface area contributed by atoms with Crippen molar-refractivity contribution in [2.75, 3.05) is 13.1 Å². The molecule has 1 aliphatic heterocycles. The maximum absolute atomic E-state index is 12.8. The standard InChI is InChI=1S/C15H19ClF3NO/c16-13-11(3-1-5-12(13)15(17,18)19)4-2-6-14(21)7-9-20-10-8-14/h1,3,5,20-21H,2,4,6-10H2. The van der Waals surface area contributed by atoms with Gasteiger partial charge < -0.3 is 10.4 Å². The molecule has 1 aliphatic rings. The van der Waals surface area contributed by atoms with Gasteiger partial charge in [-0.05, 0) is 56.8 Å². The second kappa shape index (κ2) is 6.55. The number of alkyl halides is 3. The van der Waals surface area contributed by atoms with E-state index >= 15 is 0 Å². The quantitative estimate of drug-likeness (QED) is 0.884. The van der Waals surface area contributed by atoms with Crippen molar-refractivity contribution < 1.29 is 18.3 Å². The first-order valence-electron chi connectivity index (χ1n) is 7.09. The predicted molar refractivity (Wildman–Crippen MR) is 76.4 cm³/mol. The van der Waals surface area contributed by atoms with E-state index in [1.807, 2.05) is 0 Å². The fourth-order valence-corrected chi connectivity index (χ4v) is 3.07. The van der Waals surface area contributed by atoms with Crippen molar-refractivity contribution in [2.24, 2.45) is 0 Å². The number of nitrogens with one attached hydrogen (secondary N) is 1. The van der Waals surface area contributed by atoms with Crippen LogP contribution in [-0.4, -0.2) is 23.8 Å². The number of rotatable bonds is 4. The van der Waals surface area contributed by atoms with E-state index in [1.165, 1.54) is 6.07 Å². The van der Waals surface area contributed by atoms with Crippen LogP contribution in [0.15, 0.2) is 18.2 Å². The highest BCUT2D eigenvalue weighted by atomic mass is 35.5. The maximum atomic E-state index is 12.8. The summed E-state index contributed by atoms with van der Waals surface area (Å²) in [5.41, 5.74) is -0.995. The molecule has 1 heterocycles. The Bertz CT molecular complexity index is 484. The third-order valence-electron chi connectivity index (χ3n) is 4.01. The van der Waals surface area contributed by atoms with Gasteiger partial charge >= 0.3 is 6.18 Å². The van der Waals surface area contributed by atoms with Crippen LogP contribution in [0.3, 0.4) is 0 Å². The fourth-order valence-electron chi connectivity index (χ4n) is 2.74. The van der Waals surface area contributed by atoms with Crippen molar-refractivity contribution >= 4 is 11.6 Å². The second-order valence-corrected chi connectivity index (χ2v) is 5.98. The van der Waals surface area contributed by atoms with Gasteiger partial charge in [0.2, 0.25) is 0 Å². The zero-order valence-electron chi connectivity index (χ0n) is 11.6. The van der Waals surface area contributed by atoms with Gasteiger partial charge in [0.1, 0.15) is 0 Å². The molecule has 2 rings (SSSR count). The molecule has 1 aromatic rings. The number of halogens is 4. The average molecular weight is 322 g/mol. The molecule has 0 aromatic heterocycles. The van der Waals surface area contributed by atoms with Crippen LogP contribution in [0.4, 0.5) is 13.2 Å².